The number of piperidine rings is 1. The van der Waals surface area contributed by atoms with Crippen molar-refractivity contribution in [2.75, 3.05) is 19.7 Å². The molecule has 1 unspecified atom stereocenters. The molecule has 1 aliphatic heterocycles. The largest absolute Gasteiger partial charge is 0.493 e. The maximum absolute atomic E-state index is 12.9. The number of likely N-dealkylation sites (tertiary alicyclic amines) is 1. The van der Waals surface area contributed by atoms with E-state index in [1.807, 2.05) is 41.3 Å². The van der Waals surface area contributed by atoms with E-state index in [2.05, 4.69) is 15.0 Å². The molecule has 0 aliphatic carbocycles. The first kappa shape index (κ1) is 20.8. The number of aromatic amines is 1. The van der Waals surface area contributed by atoms with Gasteiger partial charge < -0.3 is 14.6 Å². The van der Waals surface area contributed by atoms with Gasteiger partial charge in [-0.2, -0.15) is 0 Å². The van der Waals surface area contributed by atoms with Gasteiger partial charge in [-0.05, 0) is 44.0 Å². The minimum absolute atomic E-state index is 0.0473. The van der Waals surface area contributed by atoms with Crippen molar-refractivity contribution in [2.45, 2.75) is 26.2 Å². The third kappa shape index (κ3) is 5.17. The van der Waals surface area contributed by atoms with Crippen LogP contribution in [-0.2, 0) is 11.2 Å². The maximum atomic E-state index is 12.9. The molecule has 0 saturated carbocycles. The number of rotatable bonds is 6. The maximum Gasteiger partial charge on any atom is 0.255 e. The molecule has 1 fully saturated rings. The van der Waals surface area contributed by atoms with Gasteiger partial charge in [-0.1, -0.05) is 18.2 Å². The first-order chi connectivity index (χ1) is 15.1. The predicted octanol–water partition coefficient (Wildman–Crippen LogP) is 3.00. The number of hydrogen-bond acceptors (Lipinski definition) is 5. The second-order valence-corrected chi connectivity index (χ2v) is 7.87. The van der Waals surface area contributed by atoms with Gasteiger partial charge in [0.2, 0.25) is 5.91 Å². The van der Waals surface area contributed by atoms with Crippen LogP contribution in [-0.4, -0.2) is 45.5 Å². The zero-order chi connectivity index (χ0) is 21.6. The van der Waals surface area contributed by atoms with Gasteiger partial charge in [0.1, 0.15) is 11.6 Å². The normalized spacial score (nSPS) is 16.2. The van der Waals surface area contributed by atoms with Crippen LogP contribution < -0.4 is 10.3 Å². The Morgan fingerprint density at radius 1 is 1.23 bits per heavy atom. The van der Waals surface area contributed by atoms with Crippen molar-refractivity contribution in [3.63, 3.8) is 0 Å². The standard InChI is InChI=1S/C24H26N4O3/c1-17-21(24(30)27-23(26-17)19-8-5-11-25-14-19)13-22(29)28-12-6-7-18(15-28)16-31-20-9-3-2-4-10-20/h2-5,8-11,14,18H,6-7,12-13,15-16H2,1H3,(H,26,27,30). The van der Waals surface area contributed by atoms with E-state index in [4.69, 9.17) is 4.74 Å². The van der Waals surface area contributed by atoms with Crippen molar-refractivity contribution in [3.05, 3.63) is 76.5 Å². The third-order valence-electron chi connectivity index (χ3n) is 5.59. The molecular weight excluding hydrogens is 392 g/mol. The lowest BCUT2D eigenvalue weighted by Crippen LogP contribution is -2.43. The zero-order valence-corrected chi connectivity index (χ0v) is 17.6. The molecule has 0 radical (unpaired) electrons. The molecule has 7 nitrogen and oxygen atoms in total. The van der Waals surface area contributed by atoms with E-state index in [0.717, 1.165) is 24.2 Å². The highest BCUT2D eigenvalue weighted by Gasteiger charge is 2.25. The van der Waals surface area contributed by atoms with E-state index in [0.29, 0.717) is 36.8 Å². The number of pyridine rings is 1. The molecule has 1 atom stereocenters. The number of aromatic nitrogens is 3. The van der Waals surface area contributed by atoms with Crippen LogP contribution >= 0.6 is 0 Å². The molecule has 7 heteroatoms. The van der Waals surface area contributed by atoms with Crippen LogP contribution in [0, 0.1) is 12.8 Å². The van der Waals surface area contributed by atoms with Crippen LogP contribution in [0.5, 0.6) is 5.75 Å². The fraction of sp³-hybridized carbons (Fsp3) is 0.333. The highest BCUT2D eigenvalue weighted by molar-refractivity contribution is 5.79. The summed E-state index contributed by atoms with van der Waals surface area (Å²) in [5, 5.41) is 0. The highest BCUT2D eigenvalue weighted by atomic mass is 16.5. The van der Waals surface area contributed by atoms with Gasteiger partial charge >= 0.3 is 0 Å². The molecule has 3 heterocycles. The molecule has 3 aromatic rings. The Hall–Kier alpha value is -3.48. The number of nitrogens with one attached hydrogen (secondary N) is 1. The number of nitrogens with zero attached hydrogens (tertiary/aromatic N) is 3. The van der Waals surface area contributed by atoms with E-state index in [-0.39, 0.29) is 23.8 Å². The van der Waals surface area contributed by atoms with E-state index in [1.165, 1.54) is 0 Å². The van der Waals surface area contributed by atoms with E-state index >= 15 is 0 Å². The Labute approximate surface area is 181 Å². The van der Waals surface area contributed by atoms with Crippen molar-refractivity contribution in [2.24, 2.45) is 5.92 Å². The number of carbonyl (C=O) groups is 1. The van der Waals surface area contributed by atoms with Crippen LogP contribution in [0.25, 0.3) is 11.4 Å². The average Bonchev–Trinajstić information content (AvgIpc) is 2.81. The van der Waals surface area contributed by atoms with Crippen LogP contribution in [0.3, 0.4) is 0 Å². The second-order valence-electron chi connectivity index (χ2n) is 7.87. The summed E-state index contributed by atoms with van der Waals surface area (Å²) in [5.41, 5.74) is 1.44. The number of ether oxygens (including phenoxy) is 1. The van der Waals surface area contributed by atoms with Crippen LogP contribution in [0.15, 0.2) is 59.7 Å². The monoisotopic (exact) mass is 418 g/mol. The Balaban J connectivity index is 1.40. The smallest absolute Gasteiger partial charge is 0.255 e. The average molecular weight is 418 g/mol. The predicted molar refractivity (Wildman–Crippen MR) is 118 cm³/mol. The lowest BCUT2D eigenvalue weighted by Gasteiger charge is -2.32. The molecule has 1 aliphatic rings. The molecule has 1 N–H and O–H groups in total. The fourth-order valence-electron chi connectivity index (χ4n) is 3.88. The molecule has 0 spiro atoms. The summed E-state index contributed by atoms with van der Waals surface area (Å²) in [6.45, 7) is 3.70. The zero-order valence-electron chi connectivity index (χ0n) is 17.6. The molecule has 2 aromatic heterocycles. The van der Waals surface area contributed by atoms with Crippen molar-refractivity contribution in [3.8, 4) is 17.1 Å². The Morgan fingerprint density at radius 2 is 2.06 bits per heavy atom. The summed E-state index contributed by atoms with van der Waals surface area (Å²) in [7, 11) is 0. The number of para-hydroxylation sites is 1. The molecule has 4 rings (SSSR count). The van der Waals surface area contributed by atoms with Crippen molar-refractivity contribution >= 4 is 5.91 Å². The quantitative estimate of drug-likeness (QED) is 0.665. The molecule has 0 bridgehead atoms. The summed E-state index contributed by atoms with van der Waals surface area (Å²) in [5.74, 6) is 1.54. The first-order valence-electron chi connectivity index (χ1n) is 10.6. The van der Waals surface area contributed by atoms with Gasteiger partial charge in [-0.3, -0.25) is 14.6 Å². The number of amides is 1. The number of benzene rings is 1. The Kier molecular flexibility index (Phi) is 6.40. The van der Waals surface area contributed by atoms with Gasteiger partial charge in [-0.15, -0.1) is 0 Å². The van der Waals surface area contributed by atoms with Crippen LogP contribution in [0.2, 0.25) is 0 Å². The minimum Gasteiger partial charge on any atom is -0.493 e. The Bertz CT molecular complexity index is 1080. The summed E-state index contributed by atoms with van der Waals surface area (Å²) < 4.78 is 5.88. The van der Waals surface area contributed by atoms with Gasteiger partial charge in [0.25, 0.3) is 5.56 Å². The van der Waals surface area contributed by atoms with E-state index < -0.39 is 0 Å². The van der Waals surface area contributed by atoms with Crippen molar-refractivity contribution in [1.29, 1.82) is 0 Å². The summed E-state index contributed by atoms with van der Waals surface area (Å²) in [6, 6.07) is 13.3. The van der Waals surface area contributed by atoms with Crippen molar-refractivity contribution < 1.29 is 9.53 Å². The number of hydrogen-bond donors (Lipinski definition) is 1. The molecule has 31 heavy (non-hydrogen) atoms. The number of H-pyrrole nitrogens is 1. The molecule has 1 saturated heterocycles. The summed E-state index contributed by atoms with van der Waals surface area (Å²) >= 11 is 0. The SMILES string of the molecule is Cc1nc(-c2cccnc2)[nH]c(=O)c1CC(=O)N1CCCC(COc2ccccc2)C1. The van der Waals surface area contributed by atoms with E-state index in [1.54, 1.807) is 25.4 Å². The lowest BCUT2D eigenvalue weighted by molar-refractivity contribution is -0.132. The topological polar surface area (TPSA) is 88.2 Å². The van der Waals surface area contributed by atoms with E-state index in [9.17, 15) is 9.59 Å². The summed E-state index contributed by atoms with van der Waals surface area (Å²) in [6.07, 6.45) is 5.32. The highest BCUT2D eigenvalue weighted by Crippen LogP contribution is 2.20. The lowest BCUT2D eigenvalue weighted by atomic mass is 9.98. The number of aryl methyl sites for hydroxylation is 1. The van der Waals surface area contributed by atoms with Gasteiger partial charge in [0.15, 0.2) is 0 Å². The first-order valence-corrected chi connectivity index (χ1v) is 10.6. The van der Waals surface area contributed by atoms with Crippen LogP contribution in [0.4, 0.5) is 0 Å². The Morgan fingerprint density at radius 3 is 2.81 bits per heavy atom. The number of carbonyl (C=O) groups excluding carboxylic acids is 1. The fourth-order valence-corrected chi connectivity index (χ4v) is 3.88. The molecular formula is C24H26N4O3. The molecule has 1 aromatic carbocycles. The molecule has 1 amide bonds. The van der Waals surface area contributed by atoms with Crippen molar-refractivity contribution in [1.82, 2.24) is 19.9 Å². The molecule has 160 valence electrons. The van der Waals surface area contributed by atoms with Gasteiger partial charge in [-0.25, -0.2) is 4.98 Å². The third-order valence-corrected chi connectivity index (χ3v) is 5.59. The summed E-state index contributed by atoms with van der Waals surface area (Å²) in [4.78, 5) is 38.8. The van der Waals surface area contributed by atoms with Gasteiger partial charge in [0, 0.05) is 48.2 Å². The minimum atomic E-state index is -0.277. The van der Waals surface area contributed by atoms with Gasteiger partial charge in [0.05, 0.1) is 13.0 Å². The second kappa shape index (κ2) is 9.55. The van der Waals surface area contributed by atoms with Crippen LogP contribution in [0.1, 0.15) is 24.1 Å².